The van der Waals surface area contributed by atoms with E-state index in [1.54, 1.807) is 0 Å². The number of hydrogen-bond acceptors (Lipinski definition) is 6. The van der Waals surface area contributed by atoms with E-state index in [1.807, 2.05) is 17.2 Å². The van der Waals surface area contributed by atoms with Gasteiger partial charge in [-0.1, -0.05) is 25.7 Å². The lowest BCUT2D eigenvalue weighted by molar-refractivity contribution is -0.127. The fourth-order valence-electron chi connectivity index (χ4n) is 4.40. The first-order valence-corrected chi connectivity index (χ1v) is 12.0. The number of rotatable bonds is 10. The molecule has 2 fully saturated rings. The quantitative estimate of drug-likeness (QED) is 0.426. The Hall–Kier alpha value is -1.31. The maximum absolute atomic E-state index is 12.8. The molecule has 7 heteroatoms. The SMILES string of the molecule is Cc1nc(C(=O)N2CCOC3(CCN(CCCCCCCCC=O)CC3)C2)cs1. The largest absolute Gasteiger partial charge is 0.371 e. The Balaban J connectivity index is 1.35. The first kappa shape index (κ1) is 22.4. The van der Waals surface area contributed by atoms with Gasteiger partial charge in [-0.2, -0.15) is 0 Å². The first-order chi connectivity index (χ1) is 14.1. The first-order valence-electron chi connectivity index (χ1n) is 11.1. The molecular formula is C22H35N3O3S. The summed E-state index contributed by atoms with van der Waals surface area (Å²) in [6.45, 7) is 7.18. The Morgan fingerprint density at radius 1 is 1.17 bits per heavy atom. The molecule has 0 aliphatic carbocycles. The molecule has 3 rings (SSSR count). The molecule has 2 saturated heterocycles. The smallest absolute Gasteiger partial charge is 0.273 e. The summed E-state index contributed by atoms with van der Waals surface area (Å²) in [4.78, 5) is 31.9. The second kappa shape index (κ2) is 11.2. The van der Waals surface area contributed by atoms with Crippen LogP contribution in [0, 0.1) is 6.92 Å². The maximum Gasteiger partial charge on any atom is 0.273 e. The van der Waals surface area contributed by atoms with E-state index in [4.69, 9.17) is 4.74 Å². The lowest BCUT2D eigenvalue weighted by atomic mass is 9.89. The highest BCUT2D eigenvalue weighted by Gasteiger charge is 2.41. The molecule has 0 radical (unpaired) electrons. The van der Waals surface area contributed by atoms with Crippen LogP contribution in [-0.2, 0) is 9.53 Å². The Kier molecular flexibility index (Phi) is 8.63. The predicted octanol–water partition coefficient (Wildman–Crippen LogP) is 3.69. The molecule has 1 aromatic rings. The minimum absolute atomic E-state index is 0.0487. The highest BCUT2D eigenvalue weighted by Crippen LogP contribution is 2.31. The lowest BCUT2D eigenvalue weighted by Gasteiger charge is -2.47. The molecule has 1 aromatic heterocycles. The molecule has 0 N–H and O–H groups in total. The number of morpholine rings is 1. The van der Waals surface area contributed by atoms with Crippen LogP contribution in [0.15, 0.2) is 5.38 Å². The van der Waals surface area contributed by atoms with Crippen LogP contribution in [0.25, 0.3) is 0 Å². The monoisotopic (exact) mass is 421 g/mol. The predicted molar refractivity (Wildman–Crippen MR) is 115 cm³/mol. The molecular weight excluding hydrogens is 386 g/mol. The van der Waals surface area contributed by atoms with Gasteiger partial charge in [-0.3, -0.25) is 4.79 Å². The lowest BCUT2D eigenvalue weighted by Crippen LogP contribution is -2.58. The summed E-state index contributed by atoms with van der Waals surface area (Å²) in [5.41, 5.74) is 0.404. The van der Waals surface area contributed by atoms with E-state index < -0.39 is 0 Å². The number of carbonyl (C=O) groups is 2. The van der Waals surface area contributed by atoms with Crippen molar-refractivity contribution in [3.05, 3.63) is 16.1 Å². The van der Waals surface area contributed by atoms with Crippen molar-refractivity contribution in [2.24, 2.45) is 0 Å². The van der Waals surface area contributed by atoms with E-state index in [2.05, 4.69) is 9.88 Å². The van der Waals surface area contributed by atoms with E-state index in [0.29, 0.717) is 31.8 Å². The molecule has 1 amide bonds. The van der Waals surface area contributed by atoms with Gasteiger partial charge in [0.25, 0.3) is 5.91 Å². The van der Waals surface area contributed by atoms with Crippen molar-refractivity contribution in [3.8, 4) is 0 Å². The molecule has 1 spiro atoms. The Labute approximate surface area is 178 Å². The number of nitrogens with zero attached hydrogens (tertiary/aromatic N) is 3. The summed E-state index contributed by atoms with van der Waals surface area (Å²) in [6.07, 6.45) is 11.0. The second-order valence-electron chi connectivity index (χ2n) is 8.43. The van der Waals surface area contributed by atoms with Crippen molar-refractivity contribution >= 4 is 23.5 Å². The fraction of sp³-hybridized carbons (Fsp3) is 0.773. The van der Waals surface area contributed by atoms with E-state index in [1.165, 1.54) is 43.4 Å². The number of carbonyl (C=O) groups excluding carboxylic acids is 2. The third kappa shape index (κ3) is 6.59. The zero-order valence-corrected chi connectivity index (χ0v) is 18.6. The van der Waals surface area contributed by atoms with Crippen molar-refractivity contribution < 1.29 is 14.3 Å². The van der Waals surface area contributed by atoms with Crippen LogP contribution in [0.1, 0.15) is 73.3 Å². The highest BCUT2D eigenvalue weighted by atomic mass is 32.1. The summed E-state index contributed by atoms with van der Waals surface area (Å²) in [7, 11) is 0. The molecule has 3 heterocycles. The summed E-state index contributed by atoms with van der Waals surface area (Å²) in [5.74, 6) is 0.0487. The maximum atomic E-state index is 12.8. The van der Waals surface area contributed by atoms with Gasteiger partial charge < -0.3 is 19.3 Å². The van der Waals surface area contributed by atoms with Gasteiger partial charge in [0.1, 0.15) is 12.0 Å². The van der Waals surface area contributed by atoms with Crippen LogP contribution in [0.2, 0.25) is 0 Å². The Bertz CT molecular complexity index is 655. The number of ether oxygens (including phenoxy) is 1. The van der Waals surface area contributed by atoms with Crippen molar-refractivity contribution in [1.82, 2.24) is 14.8 Å². The zero-order valence-electron chi connectivity index (χ0n) is 17.7. The van der Waals surface area contributed by atoms with Gasteiger partial charge in [0.05, 0.1) is 23.8 Å². The second-order valence-corrected chi connectivity index (χ2v) is 9.49. The van der Waals surface area contributed by atoms with Crippen LogP contribution < -0.4 is 0 Å². The van der Waals surface area contributed by atoms with E-state index in [9.17, 15) is 9.59 Å². The average Bonchev–Trinajstić information content (AvgIpc) is 3.17. The summed E-state index contributed by atoms with van der Waals surface area (Å²) >= 11 is 1.53. The molecule has 0 aromatic carbocycles. The Morgan fingerprint density at radius 3 is 2.59 bits per heavy atom. The number of aromatic nitrogens is 1. The summed E-state index contributed by atoms with van der Waals surface area (Å²) in [6, 6.07) is 0. The number of aryl methyl sites for hydroxylation is 1. The third-order valence-corrected chi connectivity index (χ3v) is 6.96. The minimum atomic E-state index is -0.173. The normalized spacial score (nSPS) is 19.6. The van der Waals surface area contributed by atoms with E-state index in [0.717, 1.165) is 50.2 Å². The van der Waals surface area contributed by atoms with E-state index >= 15 is 0 Å². The summed E-state index contributed by atoms with van der Waals surface area (Å²) in [5, 5.41) is 2.80. The zero-order chi connectivity index (χ0) is 20.5. The van der Waals surface area contributed by atoms with Gasteiger partial charge in [0.2, 0.25) is 0 Å². The molecule has 0 atom stereocenters. The number of hydrogen-bond donors (Lipinski definition) is 0. The van der Waals surface area contributed by atoms with Gasteiger partial charge in [0.15, 0.2) is 0 Å². The molecule has 0 unspecified atom stereocenters. The van der Waals surface area contributed by atoms with Crippen molar-refractivity contribution in [3.63, 3.8) is 0 Å². The summed E-state index contributed by atoms with van der Waals surface area (Å²) < 4.78 is 6.20. The fourth-order valence-corrected chi connectivity index (χ4v) is 4.99. The van der Waals surface area contributed by atoms with Gasteiger partial charge in [-0.05, 0) is 39.2 Å². The molecule has 2 aliphatic heterocycles. The molecule has 2 aliphatic rings. The third-order valence-electron chi connectivity index (χ3n) is 6.19. The average molecular weight is 422 g/mol. The molecule has 162 valence electrons. The molecule has 0 bridgehead atoms. The number of aldehydes is 1. The highest BCUT2D eigenvalue weighted by molar-refractivity contribution is 7.09. The van der Waals surface area contributed by atoms with E-state index in [-0.39, 0.29) is 11.5 Å². The molecule has 6 nitrogen and oxygen atoms in total. The van der Waals surface area contributed by atoms with Gasteiger partial charge in [-0.25, -0.2) is 4.98 Å². The Morgan fingerprint density at radius 2 is 1.90 bits per heavy atom. The molecule has 0 saturated carbocycles. The molecule has 29 heavy (non-hydrogen) atoms. The van der Waals surface area contributed by atoms with Crippen LogP contribution in [0.4, 0.5) is 0 Å². The number of unbranched alkanes of at least 4 members (excludes halogenated alkanes) is 6. The van der Waals surface area contributed by atoms with Crippen LogP contribution in [-0.4, -0.2) is 71.9 Å². The number of likely N-dealkylation sites (tertiary alicyclic amines) is 1. The topological polar surface area (TPSA) is 62.7 Å². The van der Waals surface area contributed by atoms with Crippen LogP contribution in [0.5, 0.6) is 0 Å². The number of piperidine rings is 1. The minimum Gasteiger partial charge on any atom is -0.371 e. The van der Waals surface area contributed by atoms with Crippen molar-refractivity contribution in [2.45, 2.75) is 70.3 Å². The van der Waals surface area contributed by atoms with Crippen molar-refractivity contribution in [1.29, 1.82) is 0 Å². The van der Waals surface area contributed by atoms with Gasteiger partial charge in [-0.15, -0.1) is 11.3 Å². The van der Waals surface area contributed by atoms with Crippen molar-refractivity contribution in [2.75, 3.05) is 39.3 Å². The standard InChI is InChI=1S/C22H35N3O3S/c1-19-23-20(17-29-19)21(27)25-14-16-28-22(18-25)9-12-24(13-10-22)11-7-5-3-2-4-6-8-15-26/h15,17H,2-14,16,18H2,1H3. The van der Waals surface area contributed by atoms with Gasteiger partial charge in [0, 0.05) is 31.4 Å². The van der Waals surface area contributed by atoms with Crippen LogP contribution in [0.3, 0.4) is 0 Å². The number of amides is 1. The van der Waals surface area contributed by atoms with Gasteiger partial charge >= 0.3 is 0 Å². The van der Waals surface area contributed by atoms with Crippen LogP contribution >= 0.6 is 11.3 Å². The number of thiazole rings is 1.